The molecule has 0 saturated carbocycles. The summed E-state index contributed by atoms with van der Waals surface area (Å²) >= 11 is 1.38. The Kier molecular flexibility index (Phi) is 6.13. The maximum atomic E-state index is 13.2. The molecule has 0 radical (unpaired) electrons. The van der Waals surface area contributed by atoms with Gasteiger partial charge in [0, 0.05) is 12.2 Å². The Bertz CT molecular complexity index is 1150. The molecule has 140 valence electrons. The number of aromatic nitrogens is 2. The first-order valence-corrected chi connectivity index (χ1v) is 10.0. The van der Waals surface area contributed by atoms with Crippen molar-refractivity contribution < 1.29 is 0 Å². The Morgan fingerprint density at radius 3 is 2.64 bits per heavy atom. The van der Waals surface area contributed by atoms with Crippen molar-refractivity contribution in [2.24, 2.45) is 5.92 Å². The molecule has 3 rings (SSSR count). The molecular weight excluding hydrogens is 368 g/mol. The predicted octanol–water partition coefficient (Wildman–Crippen LogP) is 4.54. The minimum atomic E-state index is -0.263. The number of thioether (sulfide) groups is 1. The van der Waals surface area contributed by atoms with E-state index in [-0.39, 0.29) is 11.5 Å². The number of hydrogen-bond acceptors (Lipinski definition) is 5. The van der Waals surface area contributed by atoms with E-state index in [1.807, 2.05) is 50.2 Å². The fraction of sp³-hybridized carbons (Fsp3) is 0.273. The van der Waals surface area contributed by atoms with Crippen LogP contribution in [0, 0.1) is 42.4 Å². The number of hydrogen-bond donors (Lipinski definition) is 0. The maximum absolute atomic E-state index is 13.2. The molecule has 2 aromatic carbocycles. The van der Waals surface area contributed by atoms with Crippen molar-refractivity contribution in [2.75, 3.05) is 5.75 Å². The lowest BCUT2D eigenvalue weighted by Gasteiger charge is -2.15. The van der Waals surface area contributed by atoms with Crippen LogP contribution in [0.4, 0.5) is 0 Å². The van der Waals surface area contributed by atoms with E-state index in [0.717, 1.165) is 16.8 Å². The van der Waals surface area contributed by atoms with Crippen molar-refractivity contribution in [1.29, 1.82) is 10.5 Å². The molecule has 5 nitrogen and oxygen atoms in total. The second-order valence-electron chi connectivity index (χ2n) is 6.65. The summed E-state index contributed by atoms with van der Waals surface area (Å²) < 4.78 is 1.62. The van der Waals surface area contributed by atoms with Crippen molar-refractivity contribution in [3.8, 4) is 17.8 Å². The molecule has 0 bridgehead atoms. The smallest absolute Gasteiger partial charge is 0.266 e. The van der Waals surface area contributed by atoms with Gasteiger partial charge in [0.2, 0.25) is 0 Å². The third kappa shape index (κ3) is 4.08. The highest BCUT2D eigenvalue weighted by molar-refractivity contribution is 7.99. The van der Waals surface area contributed by atoms with Crippen molar-refractivity contribution in [1.82, 2.24) is 9.55 Å². The zero-order valence-electron chi connectivity index (χ0n) is 15.8. The number of para-hydroxylation sites is 1. The molecule has 1 atom stereocenters. The van der Waals surface area contributed by atoms with Gasteiger partial charge in [0.05, 0.1) is 34.6 Å². The first-order chi connectivity index (χ1) is 13.5. The van der Waals surface area contributed by atoms with Crippen LogP contribution in [-0.2, 0) is 0 Å². The summed E-state index contributed by atoms with van der Waals surface area (Å²) in [6.07, 6.45) is 0.856. The first-order valence-electron chi connectivity index (χ1n) is 9.04. The summed E-state index contributed by atoms with van der Waals surface area (Å²) in [5.41, 5.74) is 3.53. The molecule has 1 heterocycles. The second kappa shape index (κ2) is 8.73. The van der Waals surface area contributed by atoms with Gasteiger partial charge in [-0.3, -0.25) is 9.36 Å². The van der Waals surface area contributed by atoms with Crippen LogP contribution in [-0.4, -0.2) is 15.3 Å². The standard InChI is InChI=1S/C22H20N4OS/c1-15-9-10-18(12-16(15)2)26-21(27)19-7-3-4-8-20(19)25-22(26)28-14-17(13-24)6-5-11-23/h3-4,7-10,12,17H,5-6,14H2,1-2H3/t17-/m1/s1. The number of nitriles is 2. The molecule has 0 fully saturated rings. The molecule has 0 aliphatic rings. The number of aryl methyl sites for hydroxylation is 2. The fourth-order valence-electron chi connectivity index (χ4n) is 2.90. The topological polar surface area (TPSA) is 82.5 Å². The molecule has 0 N–H and O–H groups in total. The third-order valence-electron chi connectivity index (χ3n) is 4.69. The Labute approximate surface area is 168 Å². The molecule has 0 unspecified atom stereocenters. The van der Waals surface area contributed by atoms with Crippen molar-refractivity contribution in [3.63, 3.8) is 0 Å². The van der Waals surface area contributed by atoms with E-state index in [1.54, 1.807) is 10.6 Å². The lowest BCUT2D eigenvalue weighted by molar-refractivity contribution is 0.682. The van der Waals surface area contributed by atoms with Gasteiger partial charge in [-0.25, -0.2) is 4.98 Å². The maximum Gasteiger partial charge on any atom is 0.266 e. The van der Waals surface area contributed by atoms with Crippen LogP contribution in [0.3, 0.4) is 0 Å². The normalized spacial score (nSPS) is 11.7. The zero-order chi connectivity index (χ0) is 20.1. The number of fused-ring (bicyclic) bond motifs is 1. The third-order valence-corrected chi connectivity index (χ3v) is 5.80. The van der Waals surface area contributed by atoms with E-state index in [1.165, 1.54) is 11.8 Å². The molecule has 0 aliphatic heterocycles. The summed E-state index contributed by atoms with van der Waals surface area (Å²) in [7, 11) is 0. The Morgan fingerprint density at radius 1 is 1.14 bits per heavy atom. The molecule has 0 aliphatic carbocycles. The Hall–Kier alpha value is -3.09. The van der Waals surface area contributed by atoms with Crippen LogP contribution in [0.5, 0.6) is 0 Å². The van der Waals surface area contributed by atoms with Gasteiger partial charge in [0.25, 0.3) is 5.56 Å². The minimum absolute atomic E-state index is 0.123. The molecule has 0 saturated heterocycles. The lowest BCUT2D eigenvalue weighted by Crippen LogP contribution is -2.22. The SMILES string of the molecule is Cc1ccc(-n2c(SC[C@@H](C#N)CCC#N)nc3ccccc3c2=O)cc1C. The van der Waals surface area contributed by atoms with Gasteiger partial charge in [-0.05, 0) is 55.7 Å². The molecule has 28 heavy (non-hydrogen) atoms. The van der Waals surface area contributed by atoms with Gasteiger partial charge in [0.15, 0.2) is 5.16 Å². The van der Waals surface area contributed by atoms with Gasteiger partial charge in [-0.15, -0.1) is 0 Å². The van der Waals surface area contributed by atoms with Crippen LogP contribution in [0.1, 0.15) is 24.0 Å². The van der Waals surface area contributed by atoms with Crippen LogP contribution >= 0.6 is 11.8 Å². The van der Waals surface area contributed by atoms with Gasteiger partial charge < -0.3 is 0 Å². The van der Waals surface area contributed by atoms with E-state index in [0.29, 0.717) is 34.7 Å². The first kappa shape index (κ1) is 19.7. The monoisotopic (exact) mass is 388 g/mol. The van der Waals surface area contributed by atoms with Crippen LogP contribution in [0.2, 0.25) is 0 Å². The average molecular weight is 388 g/mol. The summed E-state index contributed by atoms with van der Waals surface area (Å²) in [4.78, 5) is 17.9. The van der Waals surface area contributed by atoms with Crippen LogP contribution in [0.15, 0.2) is 52.4 Å². The number of benzene rings is 2. The molecule has 6 heteroatoms. The van der Waals surface area contributed by atoms with Crippen molar-refractivity contribution in [2.45, 2.75) is 31.8 Å². The average Bonchev–Trinajstić information content (AvgIpc) is 2.70. The zero-order valence-corrected chi connectivity index (χ0v) is 16.7. The van der Waals surface area contributed by atoms with E-state index in [9.17, 15) is 10.1 Å². The van der Waals surface area contributed by atoms with E-state index < -0.39 is 0 Å². The summed E-state index contributed by atoms with van der Waals surface area (Å²) in [6.45, 7) is 4.04. The molecule has 1 aromatic heterocycles. The van der Waals surface area contributed by atoms with Gasteiger partial charge in [0.1, 0.15) is 0 Å². The van der Waals surface area contributed by atoms with Gasteiger partial charge in [-0.1, -0.05) is 30.0 Å². The van der Waals surface area contributed by atoms with Crippen LogP contribution < -0.4 is 5.56 Å². The van der Waals surface area contributed by atoms with E-state index in [4.69, 9.17) is 10.2 Å². The number of rotatable bonds is 6. The highest BCUT2D eigenvalue weighted by Crippen LogP contribution is 2.25. The summed E-state index contributed by atoms with van der Waals surface area (Å²) in [5, 5.41) is 19.2. The highest BCUT2D eigenvalue weighted by atomic mass is 32.2. The molecule has 0 amide bonds. The molecular formula is C22H20N4OS. The Morgan fingerprint density at radius 2 is 1.93 bits per heavy atom. The second-order valence-corrected chi connectivity index (χ2v) is 7.64. The van der Waals surface area contributed by atoms with Crippen LogP contribution in [0.25, 0.3) is 16.6 Å². The quantitative estimate of drug-likeness (QED) is 0.457. The summed E-state index contributed by atoms with van der Waals surface area (Å²) in [6, 6.07) is 17.5. The largest absolute Gasteiger partial charge is 0.268 e. The molecule has 3 aromatic rings. The Balaban J connectivity index is 2.09. The number of nitrogens with zero attached hydrogens (tertiary/aromatic N) is 4. The summed E-state index contributed by atoms with van der Waals surface area (Å²) in [5.74, 6) is 0.217. The minimum Gasteiger partial charge on any atom is -0.268 e. The fourth-order valence-corrected chi connectivity index (χ4v) is 3.97. The molecule has 0 spiro atoms. The van der Waals surface area contributed by atoms with Gasteiger partial charge >= 0.3 is 0 Å². The van der Waals surface area contributed by atoms with Crippen molar-refractivity contribution in [3.05, 3.63) is 63.9 Å². The van der Waals surface area contributed by atoms with Gasteiger partial charge in [-0.2, -0.15) is 10.5 Å². The van der Waals surface area contributed by atoms with Crippen molar-refractivity contribution >= 4 is 22.7 Å². The predicted molar refractivity (Wildman–Crippen MR) is 111 cm³/mol. The highest BCUT2D eigenvalue weighted by Gasteiger charge is 2.16. The lowest BCUT2D eigenvalue weighted by atomic mass is 10.1. The van der Waals surface area contributed by atoms with E-state index >= 15 is 0 Å². The van der Waals surface area contributed by atoms with E-state index in [2.05, 4.69) is 12.1 Å².